The molecule has 0 amide bonds. The molecule has 0 aliphatic heterocycles. The van der Waals surface area contributed by atoms with Crippen molar-refractivity contribution in [3.63, 3.8) is 0 Å². The predicted molar refractivity (Wildman–Crippen MR) is 112 cm³/mol. The lowest BCUT2D eigenvalue weighted by Gasteiger charge is -2.45. The standard InChI is InChI=1S/C22H27IO2/c1-3-21(2,23)16-12-14-22(15-13-16,17-4-8-19(24)9-5-17)18-6-10-20(25)11-7-18/h4-11,16,24-25H,3,12-15H2,1-2H3. The molecule has 1 fully saturated rings. The van der Waals surface area contributed by atoms with Crippen molar-refractivity contribution in [1.82, 2.24) is 0 Å². The van der Waals surface area contributed by atoms with Crippen LogP contribution in [0.2, 0.25) is 0 Å². The first-order chi connectivity index (χ1) is 11.9. The van der Waals surface area contributed by atoms with Crippen LogP contribution in [0.5, 0.6) is 11.5 Å². The Balaban J connectivity index is 1.97. The van der Waals surface area contributed by atoms with Crippen LogP contribution in [0.4, 0.5) is 0 Å². The fourth-order valence-corrected chi connectivity index (χ4v) is 4.93. The zero-order chi connectivity index (χ0) is 18.1. The maximum Gasteiger partial charge on any atom is 0.115 e. The topological polar surface area (TPSA) is 40.5 Å². The molecule has 3 heteroatoms. The van der Waals surface area contributed by atoms with Crippen LogP contribution in [-0.4, -0.2) is 13.6 Å². The molecule has 2 aromatic rings. The maximum atomic E-state index is 9.69. The highest BCUT2D eigenvalue weighted by Crippen LogP contribution is 2.51. The molecule has 1 saturated carbocycles. The van der Waals surface area contributed by atoms with Gasteiger partial charge in [-0.3, -0.25) is 0 Å². The van der Waals surface area contributed by atoms with Crippen molar-refractivity contribution in [2.24, 2.45) is 5.92 Å². The number of hydrogen-bond donors (Lipinski definition) is 2. The van der Waals surface area contributed by atoms with Crippen molar-refractivity contribution < 1.29 is 10.2 Å². The Labute approximate surface area is 164 Å². The van der Waals surface area contributed by atoms with Gasteiger partial charge in [-0.25, -0.2) is 0 Å². The van der Waals surface area contributed by atoms with Gasteiger partial charge in [-0.1, -0.05) is 60.7 Å². The summed E-state index contributed by atoms with van der Waals surface area (Å²) < 4.78 is 0.355. The van der Waals surface area contributed by atoms with Crippen LogP contribution in [0.15, 0.2) is 48.5 Å². The van der Waals surface area contributed by atoms with E-state index in [9.17, 15) is 10.2 Å². The third kappa shape index (κ3) is 3.67. The molecular weight excluding hydrogens is 423 g/mol. The summed E-state index contributed by atoms with van der Waals surface area (Å²) in [6.07, 6.45) is 5.81. The van der Waals surface area contributed by atoms with Crippen LogP contribution in [0.25, 0.3) is 0 Å². The van der Waals surface area contributed by atoms with Crippen molar-refractivity contribution in [3.05, 3.63) is 59.7 Å². The van der Waals surface area contributed by atoms with Gasteiger partial charge in [0.1, 0.15) is 11.5 Å². The van der Waals surface area contributed by atoms with Crippen molar-refractivity contribution in [2.45, 2.75) is 54.8 Å². The number of phenolic OH excluding ortho intramolecular Hbond substituents is 2. The average molecular weight is 450 g/mol. The SMILES string of the molecule is CCC(C)(I)C1CCC(c2ccc(O)cc2)(c2ccc(O)cc2)CC1. The number of aromatic hydroxyl groups is 2. The van der Waals surface area contributed by atoms with E-state index in [0.29, 0.717) is 14.9 Å². The Morgan fingerprint density at radius 1 is 0.920 bits per heavy atom. The molecule has 1 unspecified atom stereocenters. The highest BCUT2D eigenvalue weighted by atomic mass is 127. The minimum absolute atomic E-state index is 0.0294. The lowest BCUT2D eigenvalue weighted by molar-refractivity contribution is 0.230. The number of hydrogen-bond acceptors (Lipinski definition) is 2. The largest absolute Gasteiger partial charge is 0.508 e. The first-order valence-corrected chi connectivity index (χ1v) is 10.2. The van der Waals surface area contributed by atoms with E-state index in [1.54, 1.807) is 24.3 Å². The Bertz CT molecular complexity index is 648. The van der Waals surface area contributed by atoms with Gasteiger partial charge in [-0.15, -0.1) is 0 Å². The van der Waals surface area contributed by atoms with Gasteiger partial charge in [-0.05, 0) is 73.4 Å². The third-order valence-electron chi connectivity index (χ3n) is 6.22. The van der Waals surface area contributed by atoms with Crippen molar-refractivity contribution in [1.29, 1.82) is 0 Å². The van der Waals surface area contributed by atoms with Gasteiger partial charge in [0.15, 0.2) is 0 Å². The predicted octanol–water partition coefficient (Wildman–Crippen LogP) is 6.18. The molecular formula is C22H27IO2. The number of halogens is 1. The van der Waals surface area contributed by atoms with E-state index in [0.717, 1.165) is 18.8 Å². The molecule has 0 spiro atoms. The molecule has 0 heterocycles. The van der Waals surface area contributed by atoms with Crippen LogP contribution in [0.1, 0.15) is 57.1 Å². The molecule has 0 aromatic heterocycles. The van der Waals surface area contributed by atoms with Crippen LogP contribution >= 0.6 is 22.6 Å². The molecule has 0 radical (unpaired) electrons. The van der Waals surface area contributed by atoms with Crippen molar-refractivity contribution in [3.8, 4) is 11.5 Å². The molecule has 25 heavy (non-hydrogen) atoms. The smallest absolute Gasteiger partial charge is 0.115 e. The average Bonchev–Trinajstić information content (AvgIpc) is 2.63. The Hall–Kier alpha value is -1.23. The second-order valence-corrected chi connectivity index (χ2v) is 10.0. The second-order valence-electron chi connectivity index (χ2n) is 7.58. The van der Waals surface area contributed by atoms with Gasteiger partial charge >= 0.3 is 0 Å². The minimum atomic E-state index is -0.0294. The summed E-state index contributed by atoms with van der Waals surface area (Å²) in [7, 11) is 0. The third-order valence-corrected chi connectivity index (χ3v) is 7.87. The van der Waals surface area contributed by atoms with Crippen molar-refractivity contribution >= 4 is 22.6 Å². The van der Waals surface area contributed by atoms with Gasteiger partial charge in [0, 0.05) is 8.84 Å². The van der Waals surface area contributed by atoms with E-state index in [1.165, 1.54) is 30.4 Å². The molecule has 2 aromatic carbocycles. The summed E-state index contributed by atoms with van der Waals surface area (Å²) in [6, 6.07) is 15.4. The van der Waals surface area contributed by atoms with Crippen LogP contribution in [0, 0.1) is 5.92 Å². The van der Waals surface area contributed by atoms with Crippen LogP contribution in [-0.2, 0) is 5.41 Å². The quantitative estimate of drug-likeness (QED) is 0.432. The van der Waals surface area contributed by atoms with E-state index in [-0.39, 0.29) is 5.41 Å². The first-order valence-electron chi connectivity index (χ1n) is 9.15. The highest BCUT2D eigenvalue weighted by molar-refractivity contribution is 14.1. The molecule has 1 aliphatic carbocycles. The zero-order valence-corrected chi connectivity index (χ0v) is 17.2. The monoisotopic (exact) mass is 450 g/mol. The summed E-state index contributed by atoms with van der Waals surface area (Å²) in [4.78, 5) is 0. The van der Waals surface area contributed by atoms with E-state index < -0.39 is 0 Å². The Morgan fingerprint density at radius 3 is 1.68 bits per heavy atom. The fourth-order valence-electron chi connectivity index (χ4n) is 4.31. The molecule has 0 bridgehead atoms. The van der Waals surface area contributed by atoms with Gasteiger partial charge < -0.3 is 10.2 Å². The molecule has 2 nitrogen and oxygen atoms in total. The second kappa shape index (κ2) is 7.18. The Morgan fingerprint density at radius 2 is 1.32 bits per heavy atom. The van der Waals surface area contributed by atoms with Crippen LogP contribution < -0.4 is 0 Å². The zero-order valence-electron chi connectivity index (χ0n) is 15.0. The summed E-state index contributed by atoms with van der Waals surface area (Å²) >= 11 is 2.64. The number of benzene rings is 2. The molecule has 134 valence electrons. The number of rotatable bonds is 4. The summed E-state index contributed by atoms with van der Waals surface area (Å²) in [5, 5.41) is 19.4. The van der Waals surface area contributed by atoms with Crippen molar-refractivity contribution in [2.75, 3.05) is 0 Å². The van der Waals surface area contributed by atoms with E-state index in [4.69, 9.17) is 0 Å². The van der Waals surface area contributed by atoms with Gasteiger partial charge in [0.25, 0.3) is 0 Å². The summed E-state index contributed by atoms with van der Waals surface area (Å²) in [5.41, 5.74) is 2.50. The highest BCUT2D eigenvalue weighted by Gasteiger charge is 2.42. The lowest BCUT2D eigenvalue weighted by atomic mass is 9.61. The lowest BCUT2D eigenvalue weighted by Crippen LogP contribution is -2.38. The van der Waals surface area contributed by atoms with Gasteiger partial charge in [0.2, 0.25) is 0 Å². The fraction of sp³-hybridized carbons (Fsp3) is 0.455. The summed E-state index contributed by atoms with van der Waals surface area (Å²) in [5.74, 6) is 1.36. The van der Waals surface area contributed by atoms with Gasteiger partial charge in [0.05, 0.1) is 0 Å². The molecule has 2 N–H and O–H groups in total. The number of phenols is 2. The Kier molecular flexibility index (Phi) is 5.33. The normalized spacial score (nSPS) is 20.1. The maximum absolute atomic E-state index is 9.69. The summed E-state index contributed by atoms with van der Waals surface area (Å²) in [6.45, 7) is 4.67. The molecule has 3 rings (SSSR count). The molecule has 1 atom stereocenters. The molecule has 1 aliphatic rings. The minimum Gasteiger partial charge on any atom is -0.508 e. The van der Waals surface area contributed by atoms with E-state index in [2.05, 4.69) is 60.7 Å². The van der Waals surface area contributed by atoms with Gasteiger partial charge in [-0.2, -0.15) is 0 Å². The van der Waals surface area contributed by atoms with E-state index in [1.807, 2.05) is 0 Å². The number of alkyl halides is 1. The molecule has 0 saturated heterocycles. The first kappa shape index (κ1) is 18.6. The van der Waals surface area contributed by atoms with E-state index >= 15 is 0 Å². The van der Waals surface area contributed by atoms with Crippen LogP contribution in [0.3, 0.4) is 0 Å².